The van der Waals surface area contributed by atoms with E-state index in [9.17, 15) is 5.11 Å². The Kier molecular flexibility index (Phi) is 3.01. The molecule has 0 spiro atoms. The summed E-state index contributed by atoms with van der Waals surface area (Å²) in [5, 5.41) is 11.0. The molecule has 0 saturated heterocycles. The van der Waals surface area contributed by atoms with Crippen molar-refractivity contribution in [3.8, 4) is 11.7 Å². The van der Waals surface area contributed by atoms with E-state index < -0.39 is 0 Å². The fourth-order valence-corrected chi connectivity index (χ4v) is 2.84. The quantitative estimate of drug-likeness (QED) is 0.737. The zero-order chi connectivity index (χ0) is 14.4. The van der Waals surface area contributed by atoms with Crippen molar-refractivity contribution in [1.29, 1.82) is 0 Å². The van der Waals surface area contributed by atoms with Crippen molar-refractivity contribution in [2.75, 3.05) is 0 Å². The molecule has 0 bridgehead atoms. The van der Waals surface area contributed by atoms with E-state index in [0.717, 1.165) is 26.9 Å². The molecular weight excluding hydrogens is 318 g/mol. The van der Waals surface area contributed by atoms with Crippen LogP contribution >= 0.6 is 15.9 Å². The molecule has 0 saturated carbocycles. The number of fused-ring (bicyclic) bond motifs is 1. The molecule has 5 heteroatoms. The maximum Gasteiger partial charge on any atom is 0.235 e. The first kappa shape index (κ1) is 13.1. The van der Waals surface area contributed by atoms with E-state index in [4.69, 9.17) is 0 Å². The summed E-state index contributed by atoms with van der Waals surface area (Å²) < 4.78 is 2.80. The predicted octanol–water partition coefficient (Wildman–Crippen LogP) is 3.81. The molecule has 2 aromatic heterocycles. The van der Waals surface area contributed by atoms with Crippen molar-refractivity contribution in [3.05, 3.63) is 45.8 Å². The molecule has 4 nitrogen and oxygen atoms in total. The summed E-state index contributed by atoms with van der Waals surface area (Å²) in [6, 6.07) is 7.62. The van der Waals surface area contributed by atoms with E-state index in [1.165, 1.54) is 0 Å². The summed E-state index contributed by atoms with van der Waals surface area (Å²) in [5.74, 6) is 0.746. The van der Waals surface area contributed by atoms with E-state index in [1.807, 2.05) is 43.5 Å². The Morgan fingerprint density at radius 3 is 2.35 bits per heavy atom. The smallest absolute Gasteiger partial charge is 0.235 e. The van der Waals surface area contributed by atoms with Crippen molar-refractivity contribution < 1.29 is 5.11 Å². The van der Waals surface area contributed by atoms with Crippen molar-refractivity contribution in [3.63, 3.8) is 0 Å². The zero-order valence-electron chi connectivity index (χ0n) is 11.5. The first-order chi connectivity index (χ1) is 9.47. The molecular formula is C15H14BrN3O. The first-order valence-corrected chi connectivity index (χ1v) is 7.09. The number of rotatable bonds is 1. The Morgan fingerprint density at radius 2 is 1.70 bits per heavy atom. The molecule has 0 aliphatic heterocycles. The second kappa shape index (κ2) is 4.59. The van der Waals surface area contributed by atoms with E-state index >= 15 is 0 Å². The normalized spacial score (nSPS) is 11.2. The van der Waals surface area contributed by atoms with E-state index in [1.54, 1.807) is 6.07 Å². The number of nitrogens with zero attached hydrogens (tertiary/aromatic N) is 3. The molecule has 0 unspecified atom stereocenters. The molecule has 102 valence electrons. The minimum absolute atomic E-state index is 0.156. The highest BCUT2D eigenvalue weighted by molar-refractivity contribution is 9.10. The van der Waals surface area contributed by atoms with E-state index in [-0.39, 0.29) is 5.75 Å². The second-order valence-electron chi connectivity index (χ2n) is 4.88. The van der Waals surface area contributed by atoms with Gasteiger partial charge in [-0.25, -0.2) is 9.97 Å². The lowest BCUT2D eigenvalue weighted by atomic mass is 10.2. The molecule has 3 aromatic rings. The summed E-state index contributed by atoms with van der Waals surface area (Å²) in [6.45, 7) is 5.95. The van der Waals surface area contributed by atoms with Gasteiger partial charge in [0.2, 0.25) is 5.95 Å². The number of phenolic OH excluding ortho intramolecular Hbond substituents is 1. The summed E-state index contributed by atoms with van der Waals surface area (Å²) in [6.07, 6.45) is 0. The molecule has 20 heavy (non-hydrogen) atoms. The van der Waals surface area contributed by atoms with Gasteiger partial charge in [0.1, 0.15) is 11.3 Å². The van der Waals surface area contributed by atoms with Crippen LogP contribution in [0.1, 0.15) is 17.1 Å². The van der Waals surface area contributed by atoms with Crippen molar-refractivity contribution >= 4 is 26.8 Å². The number of phenols is 1. The van der Waals surface area contributed by atoms with Gasteiger partial charge in [-0.2, -0.15) is 0 Å². The van der Waals surface area contributed by atoms with Crippen molar-refractivity contribution in [1.82, 2.24) is 14.5 Å². The van der Waals surface area contributed by atoms with Crippen LogP contribution in [0.25, 0.3) is 16.9 Å². The standard InChI is InChI=1S/C15H14BrN3O/c1-8-4-5-9(2)19(8)15-17-10(3)12-6-11(16)7-13(20)14(12)18-15/h4-7,20H,1-3H3. The maximum absolute atomic E-state index is 10.1. The molecule has 0 aliphatic rings. The van der Waals surface area contributed by atoms with Crippen molar-refractivity contribution in [2.45, 2.75) is 20.8 Å². The van der Waals surface area contributed by atoms with Crippen LogP contribution in [-0.2, 0) is 0 Å². The van der Waals surface area contributed by atoms with Crippen molar-refractivity contribution in [2.24, 2.45) is 0 Å². The van der Waals surface area contributed by atoms with Gasteiger partial charge >= 0.3 is 0 Å². The van der Waals surface area contributed by atoms with Gasteiger partial charge in [0.25, 0.3) is 0 Å². The van der Waals surface area contributed by atoms with E-state index in [2.05, 4.69) is 25.9 Å². The van der Waals surface area contributed by atoms with Gasteiger partial charge in [0.05, 0.1) is 5.69 Å². The number of hydrogen-bond acceptors (Lipinski definition) is 3. The van der Waals surface area contributed by atoms with Crippen LogP contribution in [0.3, 0.4) is 0 Å². The lowest BCUT2D eigenvalue weighted by Gasteiger charge is -2.11. The third kappa shape index (κ3) is 1.98. The topological polar surface area (TPSA) is 50.9 Å². The van der Waals surface area contributed by atoms with Gasteiger partial charge in [-0.1, -0.05) is 15.9 Å². The SMILES string of the molecule is Cc1nc(-n2c(C)ccc2C)nc2c(O)cc(Br)cc12. The molecule has 0 radical (unpaired) electrons. The Hall–Kier alpha value is -1.88. The molecule has 1 N–H and O–H groups in total. The van der Waals surface area contributed by atoms with Gasteiger partial charge < -0.3 is 5.11 Å². The van der Waals surface area contributed by atoms with Crippen LogP contribution in [0.5, 0.6) is 5.75 Å². The highest BCUT2D eigenvalue weighted by atomic mass is 79.9. The van der Waals surface area contributed by atoms with Crippen LogP contribution in [0.15, 0.2) is 28.7 Å². The predicted molar refractivity (Wildman–Crippen MR) is 82.4 cm³/mol. The lowest BCUT2D eigenvalue weighted by Crippen LogP contribution is -2.06. The lowest BCUT2D eigenvalue weighted by molar-refractivity contribution is 0.479. The van der Waals surface area contributed by atoms with Crippen LogP contribution < -0.4 is 0 Å². The molecule has 0 fully saturated rings. The fraction of sp³-hybridized carbons (Fsp3) is 0.200. The largest absolute Gasteiger partial charge is 0.506 e. The number of hydrogen-bond donors (Lipinski definition) is 1. The Balaban J connectivity index is 2.35. The van der Waals surface area contributed by atoms with Gasteiger partial charge in [-0.3, -0.25) is 4.57 Å². The van der Waals surface area contributed by atoms with Crippen LogP contribution in [0.2, 0.25) is 0 Å². The fourth-order valence-electron chi connectivity index (χ4n) is 2.40. The van der Waals surface area contributed by atoms with Crippen LogP contribution in [0.4, 0.5) is 0 Å². The van der Waals surface area contributed by atoms with Gasteiger partial charge in [0, 0.05) is 21.2 Å². The third-order valence-electron chi connectivity index (χ3n) is 3.40. The highest BCUT2D eigenvalue weighted by Crippen LogP contribution is 2.30. The second-order valence-corrected chi connectivity index (χ2v) is 5.80. The minimum atomic E-state index is 0.156. The molecule has 0 atom stereocenters. The molecule has 2 heterocycles. The summed E-state index contributed by atoms with van der Waals surface area (Å²) in [5.41, 5.74) is 3.55. The van der Waals surface area contributed by atoms with Gasteiger partial charge in [-0.05, 0) is 45.0 Å². The Labute approximate surface area is 125 Å². The summed E-state index contributed by atoms with van der Waals surface area (Å²) in [4.78, 5) is 9.09. The summed E-state index contributed by atoms with van der Waals surface area (Å²) in [7, 11) is 0. The van der Waals surface area contributed by atoms with Gasteiger partial charge in [-0.15, -0.1) is 0 Å². The molecule has 1 aromatic carbocycles. The average molecular weight is 332 g/mol. The molecule has 3 rings (SSSR count). The summed E-state index contributed by atoms with van der Waals surface area (Å²) >= 11 is 3.38. The van der Waals surface area contributed by atoms with E-state index in [0.29, 0.717) is 11.5 Å². The number of aromatic nitrogens is 3. The van der Waals surface area contributed by atoms with Crippen LogP contribution in [0, 0.1) is 20.8 Å². The number of halogens is 1. The number of benzene rings is 1. The monoisotopic (exact) mass is 331 g/mol. The first-order valence-electron chi connectivity index (χ1n) is 6.29. The zero-order valence-corrected chi connectivity index (χ0v) is 13.1. The maximum atomic E-state index is 10.1. The van der Waals surface area contributed by atoms with Gasteiger partial charge in [0.15, 0.2) is 0 Å². The third-order valence-corrected chi connectivity index (χ3v) is 3.85. The van der Waals surface area contributed by atoms with Crippen LogP contribution in [-0.4, -0.2) is 19.6 Å². The number of aromatic hydroxyl groups is 1. The minimum Gasteiger partial charge on any atom is -0.506 e. The highest BCUT2D eigenvalue weighted by Gasteiger charge is 2.13. The number of aryl methyl sites for hydroxylation is 3. The molecule has 0 aliphatic carbocycles. The molecule has 0 amide bonds. The Bertz CT molecular complexity index is 804. The Morgan fingerprint density at radius 1 is 1.05 bits per heavy atom. The average Bonchev–Trinajstić information content (AvgIpc) is 2.70.